The maximum absolute atomic E-state index is 11.6. The number of ether oxygens (including phenoxy) is 2. The van der Waals surface area contributed by atoms with Crippen LogP contribution in [0.25, 0.3) is 0 Å². The zero-order chi connectivity index (χ0) is 14.4. The Labute approximate surface area is 116 Å². The van der Waals surface area contributed by atoms with E-state index in [1.54, 1.807) is 44.6 Å². The molecule has 6 heteroatoms. The molecule has 0 saturated carbocycles. The average molecular weight is 274 g/mol. The summed E-state index contributed by atoms with van der Waals surface area (Å²) in [5.41, 5.74) is 3.13. The van der Waals surface area contributed by atoms with Crippen molar-refractivity contribution in [2.24, 2.45) is 5.10 Å². The number of hydrogen-bond acceptors (Lipinski definition) is 5. The van der Waals surface area contributed by atoms with E-state index in [2.05, 4.69) is 10.5 Å². The van der Waals surface area contributed by atoms with Crippen molar-refractivity contribution in [2.75, 3.05) is 14.2 Å². The van der Waals surface area contributed by atoms with Crippen LogP contribution < -0.4 is 14.9 Å². The van der Waals surface area contributed by atoms with E-state index in [-0.39, 0.29) is 5.76 Å². The van der Waals surface area contributed by atoms with E-state index in [1.807, 2.05) is 0 Å². The molecule has 0 aliphatic heterocycles. The zero-order valence-electron chi connectivity index (χ0n) is 11.1. The summed E-state index contributed by atoms with van der Waals surface area (Å²) in [5, 5.41) is 3.85. The van der Waals surface area contributed by atoms with Crippen LogP contribution in [-0.4, -0.2) is 26.3 Å². The van der Waals surface area contributed by atoms with Crippen LogP contribution in [0.4, 0.5) is 0 Å². The summed E-state index contributed by atoms with van der Waals surface area (Å²) < 4.78 is 15.2. The summed E-state index contributed by atoms with van der Waals surface area (Å²) in [7, 11) is 3.12. The Morgan fingerprint density at radius 1 is 1.25 bits per heavy atom. The van der Waals surface area contributed by atoms with Crippen LogP contribution in [0.2, 0.25) is 0 Å². The number of benzene rings is 1. The zero-order valence-corrected chi connectivity index (χ0v) is 11.1. The Hall–Kier alpha value is -2.76. The lowest BCUT2D eigenvalue weighted by Gasteiger charge is -2.07. The number of carbonyl (C=O) groups excluding carboxylic acids is 1. The predicted molar refractivity (Wildman–Crippen MR) is 73.3 cm³/mol. The maximum Gasteiger partial charge on any atom is 0.307 e. The largest absolute Gasteiger partial charge is 0.493 e. The molecule has 0 spiro atoms. The molecule has 0 aliphatic rings. The second kappa shape index (κ2) is 6.42. The van der Waals surface area contributed by atoms with Crippen molar-refractivity contribution in [3.63, 3.8) is 0 Å². The lowest BCUT2D eigenvalue weighted by atomic mass is 10.2. The Balaban J connectivity index is 2.03. The van der Waals surface area contributed by atoms with Gasteiger partial charge in [0.05, 0.1) is 26.7 Å². The minimum Gasteiger partial charge on any atom is -0.493 e. The number of furan rings is 1. The van der Waals surface area contributed by atoms with Crippen LogP contribution >= 0.6 is 0 Å². The Morgan fingerprint density at radius 3 is 2.70 bits per heavy atom. The average Bonchev–Trinajstić information content (AvgIpc) is 3.01. The molecule has 2 rings (SSSR count). The number of hydrogen-bond donors (Lipinski definition) is 1. The van der Waals surface area contributed by atoms with Gasteiger partial charge in [-0.05, 0) is 35.9 Å². The van der Waals surface area contributed by atoms with Crippen LogP contribution in [0.15, 0.2) is 46.1 Å². The van der Waals surface area contributed by atoms with Gasteiger partial charge in [0.15, 0.2) is 17.3 Å². The maximum atomic E-state index is 11.6. The third-order valence-electron chi connectivity index (χ3n) is 2.53. The van der Waals surface area contributed by atoms with E-state index in [1.165, 1.54) is 12.5 Å². The number of nitrogens with one attached hydrogen (secondary N) is 1. The van der Waals surface area contributed by atoms with Crippen LogP contribution in [0.1, 0.15) is 16.1 Å². The van der Waals surface area contributed by atoms with Crippen molar-refractivity contribution in [1.82, 2.24) is 5.43 Å². The summed E-state index contributed by atoms with van der Waals surface area (Å²) in [5.74, 6) is 1.01. The van der Waals surface area contributed by atoms with Gasteiger partial charge in [-0.2, -0.15) is 5.10 Å². The normalized spacial score (nSPS) is 10.5. The molecule has 1 heterocycles. The fraction of sp³-hybridized carbons (Fsp3) is 0.143. The molecule has 6 nitrogen and oxygen atoms in total. The van der Waals surface area contributed by atoms with E-state index in [9.17, 15) is 4.79 Å². The van der Waals surface area contributed by atoms with Crippen LogP contribution in [0.5, 0.6) is 11.5 Å². The molecule has 20 heavy (non-hydrogen) atoms. The van der Waals surface area contributed by atoms with Gasteiger partial charge in [0.1, 0.15) is 0 Å². The predicted octanol–water partition coefficient (Wildman–Crippen LogP) is 2.06. The summed E-state index contributed by atoms with van der Waals surface area (Å²) >= 11 is 0. The molecule has 1 amide bonds. The first-order valence-corrected chi connectivity index (χ1v) is 5.83. The topological polar surface area (TPSA) is 73.1 Å². The van der Waals surface area contributed by atoms with Gasteiger partial charge in [-0.3, -0.25) is 4.79 Å². The first-order chi connectivity index (χ1) is 9.74. The molecule has 104 valence electrons. The second-order valence-electron chi connectivity index (χ2n) is 3.79. The molecule has 0 unspecified atom stereocenters. The summed E-state index contributed by atoms with van der Waals surface area (Å²) in [6, 6.07) is 8.49. The highest BCUT2D eigenvalue weighted by atomic mass is 16.5. The first kappa shape index (κ1) is 13.7. The van der Waals surface area contributed by atoms with Gasteiger partial charge < -0.3 is 13.9 Å². The minimum atomic E-state index is -0.410. The van der Waals surface area contributed by atoms with Gasteiger partial charge in [-0.1, -0.05) is 0 Å². The van der Waals surface area contributed by atoms with Gasteiger partial charge in [0.25, 0.3) is 0 Å². The smallest absolute Gasteiger partial charge is 0.307 e. The van der Waals surface area contributed by atoms with Crippen molar-refractivity contribution in [2.45, 2.75) is 0 Å². The van der Waals surface area contributed by atoms with Gasteiger partial charge in [-0.15, -0.1) is 0 Å². The van der Waals surface area contributed by atoms with Crippen molar-refractivity contribution >= 4 is 12.1 Å². The number of carbonyl (C=O) groups is 1. The summed E-state index contributed by atoms with van der Waals surface area (Å²) in [4.78, 5) is 11.6. The molecule has 0 aliphatic carbocycles. The molecule has 0 radical (unpaired) electrons. The van der Waals surface area contributed by atoms with Gasteiger partial charge in [0.2, 0.25) is 0 Å². The Kier molecular flexibility index (Phi) is 4.39. The SMILES string of the molecule is COc1ccc(/C=N\NC(=O)c2ccco2)cc1OC. The molecule has 2 aromatic rings. The molecule has 1 aromatic carbocycles. The van der Waals surface area contributed by atoms with Gasteiger partial charge in [-0.25, -0.2) is 5.43 Å². The number of rotatable bonds is 5. The molecule has 0 atom stereocenters. The number of amides is 1. The van der Waals surface area contributed by atoms with E-state index < -0.39 is 5.91 Å². The third kappa shape index (κ3) is 3.17. The molecule has 0 fully saturated rings. The van der Waals surface area contributed by atoms with Gasteiger partial charge in [0, 0.05) is 0 Å². The van der Waals surface area contributed by atoms with E-state index in [4.69, 9.17) is 13.9 Å². The second-order valence-corrected chi connectivity index (χ2v) is 3.79. The quantitative estimate of drug-likeness (QED) is 0.669. The molecular formula is C14H14N2O4. The van der Waals surface area contributed by atoms with Crippen LogP contribution in [0.3, 0.4) is 0 Å². The minimum absolute atomic E-state index is 0.203. The number of hydrazone groups is 1. The third-order valence-corrected chi connectivity index (χ3v) is 2.53. The highest BCUT2D eigenvalue weighted by Gasteiger charge is 2.06. The van der Waals surface area contributed by atoms with Crippen LogP contribution in [0, 0.1) is 0 Å². The lowest BCUT2D eigenvalue weighted by Crippen LogP contribution is -2.16. The van der Waals surface area contributed by atoms with E-state index in [0.717, 1.165) is 5.56 Å². The number of methoxy groups -OCH3 is 2. The highest BCUT2D eigenvalue weighted by molar-refractivity contribution is 5.92. The van der Waals surface area contributed by atoms with Crippen molar-refractivity contribution < 1.29 is 18.7 Å². The van der Waals surface area contributed by atoms with Crippen molar-refractivity contribution in [3.05, 3.63) is 47.9 Å². The van der Waals surface area contributed by atoms with E-state index >= 15 is 0 Å². The molecule has 1 N–H and O–H groups in total. The monoisotopic (exact) mass is 274 g/mol. The molecular weight excluding hydrogens is 260 g/mol. The lowest BCUT2D eigenvalue weighted by molar-refractivity contribution is 0.0927. The number of nitrogens with zero attached hydrogens (tertiary/aromatic N) is 1. The summed E-state index contributed by atoms with van der Waals surface area (Å²) in [6.45, 7) is 0. The van der Waals surface area contributed by atoms with Crippen molar-refractivity contribution in [3.8, 4) is 11.5 Å². The fourth-order valence-corrected chi connectivity index (χ4v) is 1.56. The molecule has 1 aromatic heterocycles. The van der Waals surface area contributed by atoms with Gasteiger partial charge >= 0.3 is 5.91 Å². The first-order valence-electron chi connectivity index (χ1n) is 5.83. The summed E-state index contributed by atoms with van der Waals surface area (Å²) in [6.07, 6.45) is 2.93. The van der Waals surface area contributed by atoms with E-state index in [0.29, 0.717) is 11.5 Å². The van der Waals surface area contributed by atoms with Crippen molar-refractivity contribution in [1.29, 1.82) is 0 Å². The molecule has 0 saturated heterocycles. The Bertz CT molecular complexity index is 606. The molecule has 0 bridgehead atoms. The standard InChI is InChI=1S/C14H14N2O4/c1-18-11-6-5-10(8-13(11)19-2)9-15-16-14(17)12-4-3-7-20-12/h3-9H,1-2H3,(H,16,17)/b15-9-. The Morgan fingerprint density at radius 2 is 2.05 bits per heavy atom. The fourth-order valence-electron chi connectivity index (χ4n) is 1.56. The van der Waals surface area contributed by atoms with Crippen LogP contribution in [-0.2, 0) is 0 Å². The highest BCUT2D eigenvalue weighted by Crippen LogP contribution is 2.26.